The number of hydrogen-bond donors (Lipinski definition) is 1. The van der Waals surface area contributed by atoms with Crippen molar-refractivity contribution in [3.05, 3.63) is 21.7 Å². The molecule has 1 saturated heterocycles. The van der Waals surface area contributed by atoms with Gasteiger partial charge in [-0.3, -0.25) is 14.3 Å². The average Bonchev–Trinajstić information content (AvgIpc) is 3.05. The van der Waals surface area contributed by atoms with Crippen LogP contribution in [0.15, 0.2) is 9.82 Å². The molecule has 0 atom stereocenters. The Kier molecular flexibility index (Phi) is 5.91. The van der Waals surface area contributed by atoms with E-state index in [0.717, 1.165) is 69.8 Å². The van der Waals surface area contributed by atoms with E-state index in [0.29, 0.717) is 11.6 Å². The topological polar surface area (TPSA) is 90.5 Å². The fourth-order valence-corrected chi connectivity index (χ4v) is 4.17. The van der Waals surface area contributed by atoms with E-state index in [4.69, 9.17) is 10.5 Å². The maximum Gasteiger partial charge on any atom is 0.348 e. The summed E-state index contributed by atoms with van der Waals surface area (Å²) in [7, 11) is 0. The number of aromatic nitrogens is 2. The molecule has 0 saturated carbocycles. The number of ether oxygens (including phenoxy) is 1. The van der Waals surface area contributed by atoms with E-state index in [1.807, 2.05) is 4.57 Å². The van der Waals surface area contributed by atoms with Crippen molar-refractivity contribution < 1.29 is 9.53 Å². The van der Waals surface area contributed by atoms with Crippen molar-refractivity contribution in [3.8, 4) is 0 Å². The van der Waals surface area contributed by atoms with Crippen molar-refractivity contribution in [1.29, 1.82) is 0 Å². The Bertz CT molecular complexity index is 655. The van der Waals surface area contributed by atoms with Gasteiger partial charge in [0, 0.05) is 37.4 Å². The molecule has 0 aromatic carbocycles. The summed E-state index contributed by atoms with van der Waals surface area (Å²) in [6.07, 6.45) is 3.80. The molecule has 2 aliphatic rings. The van der Waals surface area contributed by atoms with E-state index in [9.17, 15) is 9.59 Å². The van der Waals surface area contributed by atoms with Gasteiger partial charge < -0.3 is 10.5 Å². The summed E-state index contributed by atoms with van der Waals surface area (Å²) in [5.74, 6) is -0.219. The molecule has 2 heterocycles. The number of rotatable bonds is 7. The highest BCUT2D eigenvalue weighted by Crippen LogP contribution is 2.29. The molecule has 1 fully saturated rings. The molecule has 24 heavy (non-hydrogen) atoms. The third-order valence-electron chi connectivity index (χ3n) is 4.51. The molecule has 2 N–H and O–H groups in total. The molecule has 8 heteroatoms. The van der Waals surface area contributed by atoms with Gasteiger partial charge in [-0.1, -0.05) is 11.8 Å². The molecule has 1 aliphatic heterocycles. The Labute approximate surface area is 145 Å². The molecular formula is C16H24N4O3S. The SMILES string of the molecule is NC(=O)CSc1nc(=O)n(CCCN2CCOCC2)c2c1CCC2. The van der Waals surface area contributed by atoms with Crippen LogP contribution in [0.4, 0.5) is 0 Å². The standard InChI is InChI=1S/C16H24N4O3S/c17-14(21)11-24-15-12-3-1-4-13(12)20(16(22)18-15)6-2-5-19-7-9-23-10-8-19/h1-11H2,(H2,17,21). The number of amides is 1. The van der Waals surface area contributed by atoms with Crippen molar-refractivity contribution in [2.75, 3.05) is 38.6 Å². The Morgan fingerprint density at radius 1 is 1.25 bits per heavy atom. The summed E-state index contributed by atoms with van der Waals surface area (Å²) in [4.78, 5) is 30.0. The summed E-state index contributed by atoms with van der Waals surface area (Å²) in [6.45, 7) is 5.20. The Balaban J connectivity index is 1.68. The van der Waals surface area contributed by atoms with Gasteiger partial charge in [0.25, 0.3) is 0 Å². The summed E-state index contributed by atoms with van der Waals surface area (Å²) < 4.78 is 7.19. The van der Waals surface area contributed by atoms with Crippen molar-refractivity contribution in [2.24, 2.45) is 5.73 Å². The Morgan fingerprint density at radius 3 is 2.79 bits per heavy atom. The maximum atomic E-state index is 12.4. The first-order chi connectivity index (χ1) is 11.6. The van der Waals surface area contributed by atoms with Crippen LogP contribution in [0.25, 0.3) is 0 Å². The molecule has 0 radical (unpaired) electrons. The highest BCUT2D eigenvalue weighted by Gasteiger charge is 2.22. The minimum Gasteiger partial charge on any atom is -0.379 e. The van der Waals surface area contributed by atoms with Crippen LogP contribution in [-0.2, 0) is 28.9 Å². The number of carbonyl (C=O) groups is 1. The van der Waals surface area contributed by atoms with Gasteiger partial charge in [-0.2, -0.15) is 4.98 Å². The number of carbonyl (C=O) groups excluding carboxylic acids is 1. The molecule has 1 aliphatic carbocycles. The van der Waals surface area contributed by atoms with E-state index in [1.165, 1.54) is 11.8 Å². The average molecular weight is 352 g/mol. The lowest BCUT2D eigenvalue weighted by Gasteiger charge is -2.26. The first-order valence-electron chi connectivity index (χ1n) is 8.49. The Morgan fingerprint density at radius 2 is 2.04 bits per heavy atom. The molecular weight excluding hydrogens is 328 g/mol. The van der Waals surface area contributed by atoms with Gasteiger partial charge in [-0.25, -0.2) is 4.79 Å². The highest BCUT2D eigenvalue weighted by atomic mass is 32.2. The molecule has 1 aromatic heterocycles. The molecule has 1 amide bonds. The number of fused-ring (bicyclic) bond motifs is 1. The van der Waals surface area contributed by atoms with Crippen LogP contribution in [0.1, 0.15) is 24.1 Å². The molecule has 3 rings (SSSR count). The normalized spacial score (nSPS) is 17.8. The van der Waals surface area contributed by atoms with Gasteiger partial charge >= 0.3 is 5.69 Å². The van der Waals surface area contributed by atoms with Crippen LogP contribution >= 0.6 is 11.8 Å². The van der Waals surface area contributed by atoms with Gasteiger partial charge in [-0.15, -0.1) is 0 Å². The van der Waals surface area contributed by atoms with Crippen LogP contribution in [-0.4, -0.2) is 59.0 Å². The second-order valence-corrected chi connectivity index (χ2v) is 7.16. The zero-order chi connectivity index (χ0) is 16.9. The summed E-state index contributed by atoms with van der Waals surface area (Å²) in [5, 5.41) is 0.690. The van der Waals surface area contributed by atoms with Crippen molar-refractivity contribution in [3.63, 3.8) is 0 Å². The van der Waals surface area contributed by atoms with E-state index in [1.54, 1.807) is 0 Å². The first-order valence-corrected chi connectivity index (χ1v) is 9.47. The predicted octanol–water partition coefficient (Wildman–Crippen LogP) is 0.0317. The zero-order valence-electron chi connectivity index (χ0n) is 13.8. The first kappa shape index (κ1) is 17.4. The van der Waals surface area contributed by atoms with Gasteiger partial charge in [0.1, 0.15) is 5.03 Å². The van der Waals surface area contributed by atoms with Crippen LogP contribution in [0.3, 0.4) is 0 Å². The van der Waals surface area contributed by atoms with Crippen molar-refractivity contribution in [2.45, 2.75) is 37.3 Å². The van der Waals surface area contributed by atoms with Crippen molar-refractivity contribution >= 4 is 17.7 Å². The lowest BCUT2D eigenvalue weighted by Crippen LogP contribution is -2.37. The number of thioether (sulfide) groups is 1. The van der Waals surface area contributed by atoms with Gasteiger partial charge in [0.15, 0.2) is 0 Å². The smallest absolute Gasteiger partial charge is 0.348 e. The lowest BCUT2D eigenvalue weighted by molar-refractivity contribution is -0.115. The molecule has 0 bridgehead atoms. The Hall–Kier alpha value is -1.38. The van der Waals surface area contributed by atoms with E-state index in [2.05, 4.69) is 9.88 Å². The van der Waals surface area contributed by atoms with Gasteiger partial charge in [0.2, 0.25) is 5.91 Å². The van der Waals surface area contributed by atoms with Crippen LogP contribution in [0.5, 0.6) is 0 Å². The van der Waals surface area contributed by atoms with E-state index < -0.39 is 0 Å². The van der Waals surface area contributed by atoms with Gasteiger partial charge in [-0.05, 0) is 25.7 Å². The summed E-state index contributed by atoms with van der Waals surface area (Å²) >= 11 is 1.28. The maximum absolute atomic E-state index is 12.4. The lowest BCUT2D eigenvalue weighted by atomic mass is 10.2. The summed E-state index contributed by atoms with van der Waals surface area (Å²) in [6, 6.07) is 0. The summed E-state index contributed by atoms with van der Waals surface area (Å²) in [5.41, 5.74) is 7.23. The zero-order valence-corrected chi connectivity index (χ0v) is 14.6. The third kappa shape index (κ3) is 4.17. The predicted molar refractivity (Wildman–Crippen MR) is 92.3 cm³/mol. The number of hydrogen-bond acceptors (Lipinski definition) is 6. The van der Waals surface area contributed by atoms with Crippen LogP contribution in [0, 0.1) is 0 Å². The minimum absolute atomic E-state index is 0.167. The monoisotopic (exact) mass is 352 g/mol. The number of primary amides is 1. The largest absolute Gasteiger partial charge is 0.379 e. The highest BCUT2D eigenvalue weighted by molar-refractivity contribution is 7.99. The molecule has 7 nitrogen and oxygen atoms in total. The number of nitrogens with zero attached hydrogens (tertiary/aromatic N) is 3. The molecule has 1 aromatic rings. The quantitative estimate of drug-likeness (QED) is 0.550. The number of nitrogens with two attached hydrogens (primary N) is 1. The fraction of sp³-hybridized carbons (Fsp3) is 0.688. The minimum atomic E-state index is -0.386. The van der Waals surface area contributed by atoms with Crippen LogP contribution in [0.2, 0.25) is 0 Å². The van der Waals surface area contributed by atoms with Gasteiger partial charge in [0.05, 0.1) is 19.0 Å². The molecule has 0 unspecified atom stereocenters. The second kappa shape index (κ2) is 8.13. The molecule has 0 spiro atoms. The van der Waals surface area contributed by atoms with Crippen molar-refractivity contribution in [1.82, 2.24) is 14.5 Å². The third-order valence-corrected chi connectivity index (χ3v) is 5.55. The van der Waals surface area contributed by atoms with Crippen LogP contribution < -0.4 is 11.4 Å². The number of morpholine rings is 1. The fourth-order valence-electron chi connectivity index (χ4n) is 3.35. The second-order valence-electron chi connectivity index (χ2n) is 6.19. The van der Waals surface area contributed by atoms with E-state index in [-0.39, 0.29) is 17.3 Å². The van der Waals surface area contributed by atoms with E-state index >= 15 is 0 Å². The molecule has 132 valence electrons.